The number of hydrogen-bond donors (Lipinski definition) is 1. The predicted octanol–water partition coefficient (Wildman–Crippen LogP) is 5.47. The average Bonchev–Trinajstić information content (AvgIpc) is 3.04. The molecule has 1 aliphatic rings. The lowest BCUT2D eigenvalue weighted by Gasteiger charge is -2.08. The highest BCUT2D eigenvalue weighted by Crippen LogP contribution is 2.38. The van der Waals surface area contributed by atoms with E-state index in [2.05, 4.69) is 11.4 Å². The average molecular weight is 369 g/mol. The quantitative estimate of drug-likeness (QED) is 0.635. The number of halogens is 1. The van der Waals surface area contributed by atoms with Crippen LogP contribution >= 0.6 is 0 Å². The Morgan fingerprint density at radius 1 is 0.893 bits per heavy atom. The van der Waals surface area contributed by atoms with Crippen molar-refractivity contribution in [1.29, 1.82) is 0 Å². The molecule has 4 rings (SSSR count). The van der Waals surface area contributed by atoms with E-state index < -0.39 is 0 Å². The maximum atomic E-state index is 13.8. The molecule has 0 spiro atoms. The predicted molar refractivity (Wildman–Crippen MR) is 112 cm³/mol. The minimum Gasteiger partial charge on any atom is -0.352 e. The van der Waals surface area contributed by atoms with Crippen molar-refractivity contribution >= 4 is 23.1 Å². The molecule has 0 atom stereocenters. The summed E-state index contributed by atoms with van der Waals surface area (Å²) in [4.78, 5) is 12.5. The van der Waals surface area contributed by atoms with Crippen LogP contribution in [0.15, 0.2) is 84.9 Å². The van der Waals surface area contributed by atoms with Gasteiger partial charge < -0.3 is 5.32 Å². The zero-order valence-corrected chi connectivity index (χ0v) is 15.4. The van der Waals surface area contributed by atoms with Crippen molar-refractivity contribution in [1.82, 2.24) is 5.32 Å². The number of allylic oxidation sites excluding steroid dienone is 2. The van der Waals surface area contributed by atoms with Crippen molar-refractivity contribution < 1.29 is 9.18 Å². The highest BCUT2D eigenvalue weighted by molar-refractivity contribution is 6.05. The molecule has 3 aromatic rings. The Bertz CT molecular complexity index is 1050. The van der Waals surface area contributed by atoms with Crippen LogP contribution in [0.5, 0.6) is 0 Å². The van der Waals surface area contributed by atoms with E-state index >= 15 is 0 Å². The highest BCUT2D eigenvalue weighted by atomic mass is 19.1. The normalized spacial score (nSPS) is 13.9. The summed E-state index contributed by atoms with van der Waals surface area (Å²) < 4.78 is 13.8. The third-order valence-electron chi connectivity index (χ3n) is 4.77. The third kappa shape index (κ3) is 4.09. The number of carbonyl (C=O) groups is 1. The summed E-state index contributed by atoms with van der Waals surface area (Å²) in [5, 5.41) is 2.94. The summed E-state index contributed by atoms with van der Waals surface area (Å²) in [6, 6.07) is 24.5. The maximum absolute atomic E-state index is 13.8. The van der Waals surface area contributed by atoms with Crippen LogP contribution in [0, 0.1) is 5.82 Å². The number of fused-ring (bicyclic) bond motifs is 1. The summed E-state index contributed by atoms with van der Waals surface area (Å²) in [5.74, 6) is -0.374. The van der Waals surface area contributed by atoms with E-state index in [1.807, 2.05) is 66.7 Å². The van der Waals surface area contributed by atoms with Crippen LogP contribution in [0.4, 0.5) is 4.39 Å². The lowest BCUT2D eigenvalue weighted by molar-refractivity contribution is -0.120. The van der Waals surface area contributed by atoms with Gasteiger partial charge in [-0.1, -0.05) is 66.7 Å². The van der Waals surface area contributed by atoms with Gasteiger partial charge in [0, 0.05) is 6.54 Å². The molecule has 0 fully saturated rings. The van der Waals surface area contributed by atoms with Gasteiger partial charge >= 0.3 is 0 Å². The molecule has 3 heteroatoms. The third-order valence-corrected chi connectivity index (χ3v) is 4.77. The lowest BCUT2D eigenvalue weighted by atomic mass is 10.0. The zero-order chi connectivity index (χ0) is 19.3. The Kier molecular flexibility index (Phi) is 5.16. The molecule has 1 aliphatic carbocycles. The summed E-state index contributed by atoms with van der Waals surface area (Å²) >= 11 is 0. The molecule has 0 saturated heterocycles. The van der Waals surface area contributed by atoms with Gasteiger partial charge in [-0.15, -0.1) is 0 Å². The Hall–Kier alpha value is -3.46. The van der Waals surface area contributed by atoms with Gasteiger partial charge in [0.25, 0.3) is 0 Å². The Morgan fingerprint density at radius 3 is 2.36 bits per heavy atom. The molecule has 0 aromatic heterocycles. The van der Waals surface area contributed by atoms with Crippen molar-refractivity contribution in [2.45, 2.75) is 13.0 Å². The van der Waals surface area contributed by atoms with Gasteiger partial charge in [-0.05, 0) is 57.7 Å². The molecule has 0 aliphatic heterocycles. The fraction of sp³-hybridized carbons (Fsp3) is 0.0800. The number of benzene rings is 3. The summed E-state index contributed by atoms with van der Waals surface area (Å²) in [6.45, 7) is 0.482. The molecule has 1 amide bonds. The number of nitrogens with one attached hydrogen (secondary N) is 1. The van der Waals surface area contributed by atoms with E-state index in [4.69, 9.17) is 0 Å². The monoisotopic (exact) mass is 369 g/mol. The first-order valence-electron chi connectivity index (χ1n) is 9.27. The molecule has 1 N–H and O–H groups in total. The molecule has 0 bridgehead atoms. The molecule has 2 nitrogen and oxygen atoms in total. The van der Waals surface area contributed by atoms with E-state index in [-0.39, 0.29) is 18.1 Å². The Balaban J connectivity index is 1.56. The van der Waals surface area contributed by atoms with Crippen LogP contribution in [0.1, 0.15) is 28.7 Å². The first-order chi connectivity index (χ1) is 13.7. The molecular weight excluding hydrogens is 349 g/mol. The molecule has 0 heterocycles. The number of hydrogen-bond acceptors (Lipinski definition) is 1. The van der Waals surface area contributed by atoms with Crippen molar-refractivity contribution in [3.8, 4) is 0 Å². The van der Waals surface area contributed by atoms with Gasteiger partial charge in [0.2, 0.25) is 5.91 Å². The van der Waals surface area contributed by atoms with Crippen LogP contribution < -0.4 is 5.32 Å². The van der Waals surface area contributed by atoms with Crippen LogP contribution in [-0.2, 0) is 11.3 Å². The van der Waals surface area contributed by atoms with Gasteiger partial charge in [-0.25, -0.2) is 4.39 Å². The van der Waals surface area contributed by atoms with E-state index in [1.54, 1.807) is 6.07 Å². The van der Waals surface area contributed by atoms with E-state index in [1.165, 1.54) is 12.1 Å². The molecule has 28 heavy (non-hydrogen) atoms. The first-order valence-corrected chi connectivity index (χ1v) is 9.27. The minimum absolute atomic E-state index is 0.0775. The SMILES string of the molecule is O=C(CC1=CC(=Cc2ccccc2)c2ccc(F)cc21)NCc1ccccc1. The van der Waals surface area contributed by atoms with Gasteiger partial charge in [0.05, 0.1) is 6.42 Å². The van der Waals surface area contributed by atoms with Gasteiger partial charge in [-0.3, -0.25) is 4.79 Å². The van der Waals surface area contributed by atoms with Crippen LogP contribution in [0.2, 0.25) is 0 Å². The molecular formula is C25H20FNO. The standard InChI is InChI=1S/C25H20FNO/c26-22-11-12-23-20(13-18-7-3-1-4-8-18)14-21(24(23)16-22)15-25(28)27-17-19-9-5-2-6-10-19/h1-14,16H,15,17H2,(H,27,28). The van der Waals surface area contributed by atoms with Gasteiger partial charge in [-0.2, -0.15) is 0 Å². The fourth-order valence-electron chi connectivity index (χ4n) is 3.40. The minimum atomic E-state index is -0.296. The number of rotatable bonds is 5. The summed E-state index contributed by atoms with van der Waals surface area (Å²) in [7, 11) is 0. The van der Waals surface area contributed by atoms with Gasteiger partial charge in [0.15, 0.2) is 0 Å². The van der Waals surface area contributed by atoms with Crippen molar-refractivity contribution in [2.24, 2.45) is 0 Å². The van der Waals surface area contributed by atoms with E-state index in [0.29, 0.717) is 6.54 Å². The van der Waals surface area contributed by atoms with Crippen molar-refractivity contribution in [2.75, 3.05) is 0 Å². The van der Waals surface area contributed by atoms with Gasteiger partial charge in [0.1, 0.15) is 5.82 Å². The van der Waals surface area contributed by atoms with E-state index in [0.717, 1.165) is 33.4 Å². The van der Waals surface area contributed by atoms with E-state index in [9.17, 15) is 9.18 Å². The lowest BCUT2D eigenvalue weighted by Crippen LogP contribution is -2.22. The number of amides is 1. The maximum Gasteiger partial charge on any atom is 0.224 e. The Morgan fingerprint density at radius 2 is 1.61 bits per heavy atom. The summed E-state index contributed by atoms with van der Waals surface area (Å²) in [6.07, 6.45) is 4.26. The molecule has 0 saturated carbocycles. The zero-order valence-electron chi connectivity index (χ0n) is 15.4. The second-order valence-electron chi connectivity index (χ2n) is 6.81. The molecule has 138 valence electrons. The molecule has 3 aromatic carbocycles. The van der Waals surface area contributed by atoms with Crippen molar-refractivity contribution in [3.05, 3.63) is 113 Å². The second-order valence-corrected chi connectivity index (χ2v) is 6.81. The summed E-state index contributed by atoms with van der Waals surface area (Å²) in [5.41, 5.74) is 5.69. The van der Waals surface area contributed by atoms with Crippen LogP contribution in [-0.4, -0.2) is 5.91 Å². The topological polar surface area (TPSA) is 29.1 Å². The van der Waals surface area contributed by atoms with Crippen molar-refractivity contribution in [3.63, 3.8) is 0 Å². The van der Waals surface area contributed by atoms with Crippen LogP contribution in [0.3, 0.4) is 0 Å². The molecule has 0 unspecified atom stereocenters. The van der Waals surface area contributed by atoms with Crippen LogP contribution in [0.25, 0.3) is 17.2 Å². The fourth-order valence-corrected chi connectivity index (χ4v) is 3.40. The molecule has 0 radical (unpaired) electrons. The second kappa shape index (κ2) is 8.05. The Labute approximate surface area is 164 Å². The smallest absolute Gasteiger partial charge is 0.224 e. The highest BCUT2D eigenvalue weighted by Gasteiger charge is 2.21. The largest absolute Gasteiger partial charge is 0.352 e. The first kappa shape index (κ1) is 17.9. The number of carbonyl (C=O) groups excluding carboxylic acids is 1.